The van der Waals surface area contributed by atoms with Crippen LogP contribution in [0.5, 0.6) is 0 Å². The molecule has 4 rings (SSSR count). The van der Waals surface area contributed by atoms with Gasteiger partial charge in [0.15, 0.2) is 24.8 Å². The SMILES string of the molecule is CNC1C(O[C@H]2OC(CO)[C@@H](NC(=N)N)C(O)C2O)OCC2(CCC(N)[C@@H](O[C@@H]3C(N)C[C@@H](N)CC3O)O2)C1O. The van der Waals surface area contributed by atoms with Gasteiger partial charge in [-0.15, -0.1) is 0 Å². The molecular formula is C23H45N7O10. The summed E-state index contributed by atoms with van der Waals surface area (Å²) in [4.78, 5) is 0. The maximum atomic E-state index is 11.5. The average molecular weight is 580 g/mol. The number of hydrogen-bond donors (Lipinski definition) is 12. The van der Waals surface area contributed by atoms with Crippen LogP contribution in [0.2, 0.25) is 0 Å². The first-order valence-electron chi connectivity index (χ1n) is 13.5. The number of aliphatic hydroxyl groups excluding tert-OH is 5. The van der Waals surface area contributed by atoms with E-state index >= 15 is 0 Å². The fraction of sp³-hybridized carbons (Fsp3) is 0.957. The minimum Gasteiger partial charge on any atom is -0.394 e. The van der Waals surface area contributed by atoms with E-state index in [-0.39, 0.29) is 12.6 Å². The fourth-order valence-corrected chi connectivity index (χ4v) is 6.03. The largest absolute Gasteiger partial charge is 0.394 e. The predicted molar refractivity (Wildman–Crippen MR) is 137 cm³/mol. The molecule has 0 aromatic rings. The average Bonchev–Trinajstić information content (AvgIpc) is 2.89. The minimum atomic E-state index is -1.60. The molecule has 0 aromatic heterocycles. The maximum Gasteiger partial charge on any atom is 0.189 e. The first-order valence-corrected chi connectivity index (χ1v) is 13.5. The quantitative estimate of drug-likeness (QED) is 0.0986. The van der Waals surface area contributed by atoms with Gasteiger partial charge in [0.1, 0.15) is 36.1 Å². The molecule has 3 aliphatic heterocycles. The molecule has 1 saturated carbocycles. The number of guanidine groups is 1. The third kappa shape index (κ3) is 6.37. The van der Waals surface area contributed by atoms with Crippen molar-refractivity contribution in [2.75, 3.05) is 20.3 Å². The molecule has 4 fully saturated rings. The zero-order valence-electron chi connectivity index (χ0n) is 22.4. The van der Waals surface area contributed by atoms with E-state index in [9.17, 15) is 25.5 Å². The lowest BCUT2D eigenvalue weighted by molar-refractivity contribution is -0.372. The molecule has 10 unspecified atom stereocenters. The molecular weight excluding hydrogens is 534 g/mol. The highest BCUT2D eigenvalue weighted by molar-refractivity contribution is 5.74. The molecule has 3 saturated heterocycles. The summed E-state index contributed by atoms with van der Waals surface area (Å²) in [6, 6.07) is -3.27. The highest BCUT2D eigenvalue weighted by atomic mass is 16.8. The van der Waals surface area contributed by atoms with Crippen molar-refractivity contribution in [2.45, 2.75) is 117 Å². The Hall–Kier alpha value is -1.29. The number of aliphatic hydroxyl groups is 5. The van der Waals surface area contributed by atoms with E-state index in [0.29, 0.717) is 25.7 Å². The highest BCUT2D eigenvalue weighted by Crippen LogP contribution is 2.39. The molecule has 0 radical (unpaired) electrons. The van der Waals surface area contributed by atoms with Gasteiger partial charge in [-0.05, 0) is 32.7 Å². The Morgan fingerprint density at radius 2 is 1.73 bits per heavy atom. The number of likely N-dealkylation sites (N-methyl/N-ethyl adjacent to an activating group) is 1. The van der Waals surface area contributed by atoms with Crippen molar-refractivity contribution in [1.29, 1.82) is 5.41 Å². The zero-order valence-corrected chi connectivity index (χ0v) is 22.4. The van der Waals surface area contributed by atoms with Crippen LogP contribution in [-0.4, -0.2) is 143 Å². The molecule has 4 aliphatic rings. The molecule has 17 nitrogen and oxygen atoms in total. The Kier molecular flexibility index (Phi) is 10.2. The number of ether oxygens (including phenoxy) is 5. The lowest BCUT2D eigenvalue weighted by atomic mass is 9.81. The van der Waals surface area contributed by atoms with Crippen LogP contribution in [0.3, 0.4) is 0 Å². The van der Waals surface area contributed by atoms with E-state index < -0.39 is 97.8 Å². The van der Waals surface area contributed by atoms with E-state index in [1.54, 1.807) is 7.05 Å². The van der Waals surface area contributed by atoms with Gasteiger partial charge in [0.2, 0.25) is 0 Å². The first kappa shape index (κ1) is 31.6. The van der Waals surface area contributed by atoms with Crippen LogP contribution in [0.25, 0.3) is 0 Å². The lowest BCUT2D eigenvalue weighted by Gasteiger charge is -2.53. The number of rotatable bonds is 7. The standard InChI is InChI=1S/C23H45N7O10/c1-29-14-18(35)23(3-2-9(25)19(40-23)38-17-10(26)4-8(24)5-11(17)32)7-36-20(14)39-21-16(34)15(33)13(30-22(27)28)12(6-31)37-21/h8-21,29,31-35H,2-7,24-26H2,1H3,(H4,27,28,30)/t8-,9?,10?,11?,12?,13-,14?,15?,16?,17-,18?,19+,20?,21-,23?/m1/s1. The smallest absolute Gasteiger partial charge is 0.189 e. The molecule has 1 spiro atoms. The van der Waals surface area contributed by atoms with Gasteiger partial charge in [0, 0.05) is 12.1 Å². The molecule has 0 bridgehead atoms. The van der Waals surface area contributed by atoms with Crippen molar-refractivity contribution in [3.63, 3.8) is 0 Å². The van der Waals surface area contributed by atoms with Gasteiger partial charge < -0.3 is 82.8 Å². The normalized spacial score (nSPS) is 50.0. The van der Waals surface area contributed by atoms with Crippen LogP contribution in [0, 0.1) is 5.41 Å². The summed E-state index contributed by atoms with van der Waals surface area (Å²) >= 11 is 0. The van der Waals surface area contributed by atoms with Crippen LogP contribution in [0.1, 0.15) is 25.7 Å². The van der Waals surface area contributed by atoms with Gasteiger partial charge in [-0.1, -0.05) is 0 Å². The summed E-state index contributed by atoms with van der Waals surface area (Å²) in [6.45, 7) is -0.709. The lowest BCUT2D eigenvalue weighted by Crippen LogP contribution is -2.71. The molecule has 0 aromatic carbocycles. The van der Waals surface area contributed by atoms with Gasteiger partial charge in [-0.3, -0.25) is 5.41 Å². The van der Waals surface area contributed by atoms with Crippen LogP contribution in [0.15, 0.2) is 0 Å². The number of nitrogens with one attached hydrogen (secondary N) is 3. The fourth-order valence-electron chi connectivity index (χ4n) is 6.03. The number of nitrogens with two attached hydrogens (primary N) is 4. The molecule has 15 atom stereocenters. The summed E-state index contributed by atoms with van der Waals surface area (Å²) in [5.74, 6) is -0.477. The zero-order chi connectivity index (χ0) is 29.4. The second-order valence-electron chi connectivity index (χ2n) is 11.2. The van der Waals surface area contributed by atoms with Crippen molar-refractivity contribution in [1.82, 2.24) is 10.6 Å². The summed E-state index contributed by atoms with van der Waals surface area (Å²) < 4.78 is 29.8. The Bertz CT molecular complexity index is 851. The molecule has 232 valence electrons. The van der Waals surface area contributed by atoms with Crippen molar-refractivity contribution in [2.24, 2.45) is 22.9 Å². The van der Waals surface area contributed by atoms with Crippen molar-refractivity contribution in [3.05, 3.63) is 0 Å². The first-order chi connectivity index (χ1) is 18.9. The highest BCUT2D eigenvalue weighted by Gasteiger charge is 2.56. The summed E-state index contributed by atoms with van der Waals surface area (Å²) in [7, 11) is 1.58. The van der Waals surface area contributed by atoms with Crippen molar-refractivity contribution in [3.8, 4) is 0 Å². The summed E-state index contributed by atoms with van der Waals surface area (Å²) in [5.41, 5.74) is 22.5. The van der Waals surface area contributed by atoms with Crippen LogP contribution in [0.4, 0.5) is 0 Å². The molecule has 1 aliphatic carbocycles. The molecule has 17 heteroatoms. The van der Waals surface area contributed by atoms with E-state index in [0.717, 1.165) is 0 Å². The van der Waals surface area contributed by atoms with Gasteiger partial charge in [-0.2, -0.15) is 0 Å². The van der Waals surface area contributed by atoms with E-state index in [2.05, 4.69) is 10.6 Å². The molecule has 16 N–H and O–H groups in total. The second kappa shape index (κ2) is 12.9. The third-order valence-corrected chi connectivity index (χ3v) is 8.29. The van der Waals surface area contributed by atoms with Gasteiger partial charge in [-0.25, -0.2) is 0 Å². The Morgan fingerprint density at radius 1 is 1.00 bits per heavy atom. The maximum absolute atomic E-state index is 11.5. The Morgan fingerprint density at radius 3 is 2.35 bits per heavy atom. The Balaban J connectivity index is 1.43. The van der Waals surface area contributed by atoms with E-state index in [1.165, 1.54) is 0 Å². The van der Waals surface area contributed by atoms with Crippen molar-refractivity contribution >= 4 is 5.96 Å². The molecule has 40 heavy (non-hydrogen) atoms. The van der Waals surface area contributed by atoms with Crippen molar-refractivity contribution < 1.29 is 49.2 Å². The van der Waals surface area contributed by atoms with Gasteiger partial charge in [0.25, 0.3) is 0 Å². The summed E-state index contributed by atoms with van der Waals surface area (Å²) in [6.07, 6.45) is -9.10. The van der Waals surface area contributed by atoms with E-state index in [1.807, 2.05) is 0 Å². The monoisotopic (exact) mass is 579 g/mol. The second-order valence-corrected chi connectivity index (χ2v) is 11.2. The van der Waals surface area contributed by atoms with Gasteiger partial charge >= 0.3 is 0 Å². The predicted octanol–water partition coefficient (Wildman–Crippen LogP) is -6.00. The molecule has 0 amide bonds. The molecule has 3 heterocycles. The van der Waals surface area contributed by atoms with Crippen LogP contribution < -0.4 is 33.6 Å². The van der Waals surface area contributed by atoms with E-state index in [4.69, 9.17) is 52.0 Å². The minimum absolute atomic E-state index is 0.142. The summed E-state index contributed by atoms with van der Waals surface area (Å²) in [5, 5.41) is 65.8. The van der Waals surface area contributed by atoms with Crippen LogP contribution >= 0.6 is 0 Å². The van der Waals surface area contributed by atoms with Gasteiger partial charge in [0.05, 0.1) is 37.4 Å². The third-order valence-electron chi connectivity index (χ3n) is 8.29. The van der Waals surface area contributed by atoms with Crippen LogP contribution in [-0.2, 0) is 23.7 Å². The number of hydrogen-bond acceptors (Lipinski definition) is 15. The Labute approximate surface area is 231 Å². The topological polar surface area (TPSA) is 299 Å².